The van der Waals surface area contributed by atoms with E-state index in [2.05, 4.69) is 15.0 Å². The van der Waals surface area contributed by atoms with E-state index in [1.165, 1.54) is 18.2 Å². The third-order valence-corrected chi connectivity index (χ3v) is 3.33. The number of hydrogen-bond acceptors (Lipinski definition) is 4. The molecule has 0 aliphatic rings. The summed E-state index contributed by atoms with van der Waals surface area (Å²) in [6.45, 7) is -3.27. The molecular formula is C18H14F2N2O3. The third-order valence-electron chi connectivity index (χ3n) is 3.33. The number of halogens is 2. The average molecular weight is 344 g/mol. The van der Waals surface area contributed by atoms with Crippen LogP contribution in [0, 0.1) is 0 Å². The lowest BCUT2D eigenvalue weighted by atomic mass is 10.2. The van der Waals surface area contributed by atoms with E-state index in [0.29, 0.717) is 11.3 Å². The highest BCUT2D eigenvalue weighted by molar-refractivity contribution is 5.93. The van der Waals surface area contributed by atoms with E-state index in [1.54, 1.807) is 30.5 Å². The maximum Gasteiger partial charge on any atom is 0.387 e. The highest BCUT2D eigenvalue weighted by Gasteiger charge is 2.12. The Kier molecular flexibility index (Phi) is 5.03. The molecule has 25 heavy (non-hydrogen) atoms. The fourth-order valence-corrected chi connectivity index (χ4v) is 2.29. The number of rotatable bonds is 6. The zero-order chi connectivity index (χ0) is 17.6. The van der Waals surface area contributed by atoms with Crippen LogP contribution in [-0.2, 0) is 4.79 Å². The fraction of sp³-hybridized carbons (Fsp3) is 0.111. The molecule has 7 heteroatoms. The molecule has 0 atom stereocenters. The van der Waals surface area contributed by atoms with Gasteiger partial charge in [0.1, 0.15) is 17.0 Å². The number of ether oxygens (including phenoxy) is 2. The fourth-order valence-electron chi connectivity index (χ4n) is 2.29. The van der Waals surface area contributed by atoms with Gasteiger partial charge >= 0.3 is 6.61 Å². The maximum atomic E-state index is 12.4. The maximum absolute atomic E-state index is 12.4. The van der Waals surface area contributed by atoms with Crippen molar-refractivity contribution in [1.82, 2.24) is 4.98 Å². The lowest BCUT2D eigenvalue weighted by molar-refractivity contribution is -0.118. The quantitative estimate of drug-likeness (QED) is 0.738. The molecule has 1 aromatic heterocycles. The van der Waals surface area contributed by atoms with E-state index in [-0.39, 0.29) is 18.0 Å². The Morgan fingerprint density at radius 3 is 2.64 bits per heavy atom. The summed E-state index contributed by atoms with van der Waals surface area (Å²) in [6, 6.07) is 15.0. The van der Waals surface area contributed by atoms with Crippen LogP contribution in [0.1, 0.15) is 0 Å². The Morgan fingerprint density at radius 1 is 1.04 bits per heavy atom. The van der Waals surface area contributed by atoms with Crippen molar-refractivity contribution in [3.63, 3.8) is 0 Å². The van der Waals surface area contributed by atoms with E-state index in [1.807, 2.05) is 12.1 Å². The van der Waals surface area contributed by atoms with Gasteiger partial charge in [0.05, 0.1) is 5.69 Å². The van der Waals surface area contributed by atoms with Crippen molar-refractivity contribution in [3.05, 3.63) is 60.8 Å². The van der Waals surface area contributed by atoms with Crippen molar-refractivity contribution in [2.45, 2.75) is 6.61 Å². The first kappa shape index (κ1) is 16.6. The molecule has 128 valence electrons. The van der Waals surface area contributed by atoms with Crippen LogP contribution in [0.5, 0.6) is 11.5 Å². The average Bonchev–Trinajstić information content (AvgIpc) is 2.61. The summed E-state index contributed by atoms with van der Waals surface area (Å²) in [5.74, 6) is -0.152. The molecule has 5 nitrogen and oxygen atoms in total. The standard InChI is InChI=1S/C18H14F2N2O3/c19-18(20)25-14-8-2-1-7-13(14)22-16(23)11-24-15-9-3-5-12-6-4-10-21-17(12)15/h1-10,18H,11H2,(H,22,23). The smallest absolute Gasteiger partial charge is 0.387 e. The monoisotopic (exact) mass is 344 g/mol. The van der Waals surface area contributed by atoms with E-state index in [4.69, 9.17) is 4.74 Å². The number of carbonyl (C=O) groups is 1. The van der Waals surface area contributed by atoms with Crippen molar-refractivity contribution in [2.24, 2.45) is 0 Å². The molecule has 2 aromatic carbocycles. The van der Waals surface area contributed by atoms with Gasteiger partial charge < -0.3 is 14.8 Å². The second-order valence-electron chi connectivity index (χ2n) is 5.04. The zero-order valence-corrected chi connectivity index (χ0v) is 13.0. The van der Waals surface area contributed by atoms with Crippen LogP contribution in [0.2, 0.25) is 0 Å². The van der Waals surface area contributed by atoms with Gasteiger partial charge in [-0.1, -0.05) is 30.3 Å². The lowest BCUT2D eigenvalue weighted by Gasteiger charge is -2.12. The third kappa shape index (κ3) is 4.20. The number of fused-ring (bicyclic) bond motifs is 1. The number of carbonyl (C=O) groups excluding carboxylic acids is 1. The first-order valence-corrected chi connectivity index (χ1v) is 7.44. The normalized spacial score (nSPS) is 10.7. The highest BCUT2D eigenvalue weighted by atomic mass is 19.3. The van der Waals surface area contributed by atoms with Gasteiger partial charge in [0.15, 0.2) is 6.61 Å². The van der Waals surface area contributed by atoms with Crippen molar-refractivity contribution in [3.8, 4) is 11.5 Å². The summed E-state index contributed by atoms with van der Waals surface area (Å²) in [5, 5.41) is 3.38. The molecule has 0 saturated carbocycles. The second-order valence-corrected chi connectivity index (χ2v) is 5.04. The number of nitrogens with one attached hydrogen (secondary N) is 1. The molecule has 3 aromatic rings. The predicted molar refractivity (Wildman–Crippen MR) is 88.9 cm³/mol. The van der Waals surface area contributed by atoms with Crippen LogP contribution < -0.4 is 14.8 Å². The summed E-state index contributed by atoms with van der Waals surface area (Å²) in [6.07, 6.45) is 1.63. The van der Waals surface area contributed by atoms with Gasteiger partial charge in [-0.15, -0.1) is 0 Å². The van der Waals surface area contributed by atoms with Crippen molar-refractivity contribution in [2.75, 3.05) is 11.9 Å². The summed E-state index contributed by atoms with van der Waals surface area (Å²) < 4.78 is 34.7. The van der Waals surface area contributed by atoms with E-state index < -0.39 is 12.5 Å². The molecule has 1 N–H and O–H groups in total. The van der Waals surface area contributed by atoms with E-state index in [9.17, 15) is 13.6 Å². The molecule has 1 heterocycles. The molecular weight excluding hydrogens is 330 g/mol. The largest absolute Gasteiger partial charge is 0.481 e. The molecule has 0 aliphatic heterocycles. The number of aromatic nitrogens is 1. The van der Waals surface area contributed by atoms with Crippen molar-refractivity contribution in [1.29, 1.82) is 0 Å². The SMILES string of the molecule is O=C(COc1cccc2cccnc12)Nc1ccccc1OC(F)F. The van der Waals surface area contributed by atoms with Gasteiger partial charge in [-0.05, 0) is 24.3 Å². The van der Waals surface area contributed by atoms with Crippen molar-refractivity contribution < 1.29 is 23.0 Å². The first-order valence-electron chi connectivity index (χ1n) is 7.44. The van der Waals surface area contributed by atoms with Crippen molar-refractivity contribution >= 4 is 22.5 Å². The molecule has 0 bridgehead atoms. The van der Waals surface area contributed by atoms with Gasteiger partial charge in [-0.2, -0.15) is 8.78 Å². The lowest BCUT2D eigenvalue weighted by Crippen LogP contribution is -2.21. The molecule has 0 radical (unpaired) electrons. The highest BCUT2D eigenvalue weighted by Crippen LogP contribution is 2.26. The molecule has 0 saturated heterocycles. The molecule has 0 aliphatic carbocycles. The van der Waals surface area contributed by atoms with Crippen LogP contribution in [0.15, 0.2) is 60.8 Å². The number of anilines is 1. The van der Waals surface area contributed by atoms with Crippen LogP contribution in [-0.4, -0.2) is 24.1 Å². The number of para-hydroxylation sites is 3. The Morgan fingerprint density at radius 2 is 1.80 bits per heavy atom. The van der Waals surface area contributed by atoms with Crippen LogP contribution in [0.4, 0.5) is 14.5 Å². The number of pyridine rings is 1. The molecule has 0 unspecified atom stereocenters. The Balaban J connectivity index is 1.67. The molecule has 1 amide bonds. The minimum atomic E-state index is -2.98. The van der Waals surface area contributed by atoms with Gasteiger partial charge in [-0.3, -0.25) is 9.78 Å². The van der Waals surface area contributed by atoms with Crippen LogP contribution in [0.3, 0.4) is 0 Å². The topological polar surface area (TPSA) is 60.5 Å². The van der Waals surface area contributed by atoms with Crippen LogP contribution in [0.25, 0.3) is 10.9 Å². The molecule has 0 spiro atoms. The number of benzene rings is 2. The number of nitrogens with zero attached hydrogens (tertiary/aromatic N) is 1. The number of hydrogen-bond donors (Lipinski definition) is 1. The van der Waals surface area contributed by atoms with Gasteiger partial charge in [0.2, 0.25) is 0 Å². The minimum absolute atomic E-state index is 0.113. The summed E-state index contributed by atoms with van der Waals surface area (Å²) in [5.41, 5.74) is 0.784. The summed E-state index contributed by atoms with van der Waals surface area (Å²) in [7, 11) is 0. The number of alkyl halides is 2. The zero-order valence-electron chi connectivity index (χ0n) is 13.0. The summed E-state index contributed by atoms with van der Waals surface area (Å²) >= 11 is 0. The Bertz CT molecular complexity index is 882. The van der Waals surface area contributed by atoms with E-state index >= 15 is 0 Å². The van der Waals surface area contributed by atoms with Crippen LogP contribution >= 0.6 is 0 Å². The Labute approximate surface area is 142 Å². The first-order chi connectivity index (χ1) is 12.1. The van der Waals surface area contributed by atoms with Gasteiger partial charge in [0.25, 0.3) is 5.91 Å². The molecule has 0 fully saturated rings. The second kappa shape index (κ2) is 7.57. The minimum Gasteiger partial charge on any atom is -0.481 e. The van der Waals surface area contributed by atoms with Gasteiger partial charge in [0, 0.05) is 11.6 Å². The number of amides is 1. The predicted octanol–water partition coefficient (Wildman–Crippen LogP) is 3.85. The molecule has 3 rings (SSSR count). The van der Waals surface area contributed by atoms with E-state index in [0.717, 1.165) is 5.39 Å². The van der Waals surface area contributed by atoms with Gasteiger partial charge in [-0.25, -0.2) is 0 Å². The Hall–Kier alpha value is -3.22. The summed E-state index contributed by atoms with van der Waals surface area (Å²) in [4.78, 5) is 16.3.